The molecule has 3 nitrogen and oxygen atoms in total. The van der Waals surface area contributed by atoms with Crippen molar-refractivity contribution in [2.45, 2.75) is 45.2 Å². The number of hydrogen-bond acceptors (Lipinski definition) is 2. The lowest BCUT2D eigenvalue weighted by atomic mass is 9.84. The molecule has 2 rings (SSSR count). The third kappa shape index (κ3) is 2.34. The average molecular weight is 231 g/mol. The summed E-state index contributed by atoms with van der Waals surface area (Å²) in [5.74, 6) is 0.548. The van der Waals surface area contributed by atoms with Gasteiger partial charge in [0.2, 0.25) is 0 Å². The first kappa shape index (κ1) is 12.1. The molecular formula is C14H19N2O. The molecule has 0 saturated heterocycles. The van der Waals surface area contributed by atoms with Crippen molar-refractivity contribution in [3.63, 3.8) is 0 Å². The highest BCUT2D eigenvalue weighted by atomic mass is 16.5. The minimum absolute atomic E-state index is 0.185. The smallest absolute Gasteiger partial charge is 0.159 e. The molecule has 0 aromatic heterocycles. The second-order valence-corrected chi connectivity index (χ2v) is 5.90. The highest BCUT2D eigenvalue weighted by Gasteiger charge is 2.41. The van der Waals surface area contributed by atoms with Gasteiger partial charge < -0.3 is 0 Å². The van der Waals surface area contributed by atoms with E-state index in [1.165, 1.54) is 0 Å². The van der Waals surface area contributed by atoms with Crippen molar-refractivity contribution < 1.29 is 5.21 Å². The normalized spacial score (nSPS) is 22.2. The zero-order chi connectivity index (χ0) is 12.7. The van der Waals surface area contributed by atoms with Gasteiger partial charge in [-0.05, 0) is 34.1 Å². The molecule has 1 heterocycles. The summed E-state index contributed by atoms with van der Waals surface area (Å²) in [5, 5.41) is 13.4. The Morgan fingerprint density at radius 2 is 1.71 bits per heavy atom. The molecule has 0 atom stereocenters. The van der Waals surface area contributed by atoms with Gasteiger partial charge in [0.1, 0.15) is 0 Å². The van der Waals surface area contributed by atoms with E-state index in [-0.39, 0.29) is 5.54 Å². The Morgan fingerprint density at radius 1 is 1.12 bits per heavy atom. The van der Waals surface area contributed by atoms with Gasteiger partial charge in [-0.2, -0.15) is 5.06 Å². The van der Waals surface area contributed by atoms with Crippen LogP contribution in [0.25, 0.3) is 0 Å². The van der Waals surface area contributed by atoms with Crippen LogP contribution >= 0.6 is 0 Å². The van der Waals surface area contributed by atoms with Crippen molar-refractivity contribution in [2.24, 2.45) is 4.99 Å². The van der Waals surface area contributed by atoms with Crippen LogP contribution in [-0.2, 0) is 5.21 Å². The van der Waals surface area contributed by atoms with Gasteiger partial charge in [0.05, 0.1) is 11.1 Å². The number of rotatable bonds is 1. The molecule has 0 unspecified atom stereocenters. The monoisotopic (exact) mass is 231 g/mol. The fourth-order valence-corrected chi connectivity index (χ4v) is 2.56. The van der Waals surface area contributed by atoms with Crippen molar-refractivity contribution in [1.29, 1.82) is 0 Å². The van der Waals surface area contributed by atoms with Crippen LogP contribution in [-0.4, -0.2) is 22.0 Å². The predicted molar refractivity (Wildman–Crippen MR) is 68.3 cm³/mol. The molecule has 0 fully saturated rings. The van der Waals surface area contributed by atoms with Crippen LogP contribution in [0.4, 0.5) is 0 Å². The summed E-state index contributed by atoms with van der Waals surface area (Å²) < 4.78 is 0. The molecule has 3 heteroatoms. The molecule has 1 aromatic rings. The van der Waals surface area contributed by atoms with E-state index in [0.717, 1.165) is 17.0 Å². The first-order valence-corrected chi connectivity index (χ1v) is 5.94. The van der Waals surface area contributed by atoms with Gasteiger partial charge in [-0.3, -0.25) is 4.99 Å². The molecule has 0 bridgehead atoms. The van der Waals surface area contributed by atoms with Gasteiger partial charge in [-0.1, -0.05) is 35.5 Å². The van der Waals surface area contributed by atoms with Crippen LogP contribution in [0.15, 0.2) is 35.3 Å². The van der Waals surface area contributed by atoms with Gasteiger partial charge in [-0.25, -0.2) is 0 Å². The van der Waals surface area contributed by atoms with Crippen molar-refractivity contribution >= 4 is 5.84 Å². The standard InChI is InChI=1S/C14H19N2O/c1-13(2)10-14(3,4)16(17)12(15-13)11-8-6-5-7-9-11/h5-9H,10H2,1-4H3. The van der Waals surface area contributed by atoms with E-state index >= 15 is 0 Å². The Labute approximate surface area is 103 Å². The lowest BCUT2D eigenvalue weighted by Gasteiger charge is -2.43. The third-order valence-corrected chi connectivity index (χ3v) is 3.05. The maximum absolute atomic E-state index is 12.3. The quantitative estimate of drug-likeness (QED) is 0.731. The van der Waals surface area contributed by atoms with Gasteiger partial charge >= 0.3 is 0 Å². The van der Waals surface area contributed by atoms with E-state index in [1.54, 1.807) is 0 Å². The van der Waals surface area contributed by atoms with E-state index in [4.69, 9.17) is 0 Å². The van der Waals surface area contributed by atoms with E-state index in [1.807, 2.05) is 44.2 Å². The van der Waals surface area contributed by atoms with Crippen LogP contribution in [0.1, 0.15) is 39.7 Å². The van der Waals surface area contributed by atoms with Gasteiger partial charge in [-0.15, -0.1) is 0 Å². The van der Waals surface area contributed by atoms with Gasteiger partial charge in [0.25, 0.3) is 0 Å². The van der Waals surface area contributed by atoms with Gasteiger partial charge in [0, 0.05) is 5.56 Å². The Bertz CT molecular complexity index is 435. The molecule has 17 heavy (non-hydrogen) atoms. The van der Waals surface area contributed by atoms with Crippen molar-refractivity contribution in [3.8, 4) is 0 Å². The fraction of sp³-hybridized carbons (Fsp3) is 0.500. The Morgan fingerprint density at radius 3 is 2.29 bits per heavy atom. The number of hydrogen-bond donors (Lipinski definition) is 0. The second kappa shape index (κ2) is 3.84. The number of nitrogens with zero attached hydrogens (tertiary/aromatic N) is 2. The minimum atomic E-state index is -0.406. The molecule has 1 aliphatic rings. The average Bonchev–Trinajstić information content (AvgIpc) is 2.23. The van der Waals surface area contributed by atoms with E-state index in [9.17, 15) is 5.21 Å². The largest absolute Gasteiger partial charge is 0.260 e. The molecule has 1 aliphatic heterocycles. The highest BCUT2D eigenvalue weighted by molar-refractivity contribution is 5.99. The zero-order valence-electron chi connectivity index (χ0n) is 10.9. The van der Waals surface area contributed by atoms with Crippen molar-refractivity contribution in [1.82, 2.24) is 5.06 Å². The van der Waals surface area contributed by atoms with Crippen LogP contribution in [0.3, 0.4) is 0 Å². The van der Waals surface area contributed by atoms with Crippen molar-refractivity contribution in [2.75, 3.05) is 0 Å². The van der Waals surface area contributed by atoms with Crippen LogP contribution in [0, 0.1) is 0 Å². The molecule has 0 saturated carbocycles. The fourth-order valence-electron chi connectivity index (χ4n) is 2.56. The maximum atomic E-state index is 12.3. The summed E-state index contributed by atoms with van der Waals surface area (Å²) in [5.41, 5.74) is 0.301. The highest BCUT2D eigenvalue weighted by Crippen LogP contribution is 2.34. The summed E-state index contributed by atoms with van der Waals surface area (Å²) >= 11 is 0. The Balaban J connectivity index is 2.48. The zero-order valence-corrected chi connectivity index (χ0v) is 10.9. The summed E-state index contributed by atoms with van der Waals surface area (Å²) in [4.78, 5) is 4.59. The van der Waals surface area contributed by atoms with E-state index in [2.05, 4.69) is 18.8 Å². The molecule has 91 valence electrons. The number of benzene rings is 1. The lowest BCUT2D eigenvalue weighted by molar-refractivity contribution is -0.166. The summed E-state index contributed by atoms with van der Waals surface area (Å²) in [6, 6.07) is 9.67. The first-order chi connectivity index (χ1) is 7.82. The number of aliphatic imine (C=N–C) groups is 1. The summed E-state index contributed by atoms with van der Waals surface area (Å²) in [7, 11) is 0. The van der Waals surface area contributed by atoms with Crippen molar-refractivity contribution in [3.05, 3.63) is 35.9 Å². The number of amidine groups is 1. The van der Waals surface area contributed by atoms with Crippen LogP contribution in [0.5, 0.6) is 0 Å². The molecule has 0 spiro atoms. The minimum Gasteiger partial charge on any atom is -0.260 e. The molecule has 0 amide bonds. The first-order valence-electron chi connectivity index (χ1n) is 5.94. The molecule has 1 aromatic carbocycles. The summed E-state index contributed by atoms with van der Waals surface area (Å²) in [6.45, 7) is 8.09. The topological polar surface area (TPSA) is 35.5 Å². The van der Waals surface area contributed by atoms with E-state index in [0.29, 0.717) is 5.84 Å². The maximum Gasteiger partial charge on any atom is 0.159 e. The molecule has 0 aliphatic carbocycles. The molecule has 0 N–H and O–H groups in total. The van der Waals surface area contributed by atoms with Crippen LogP contribution in [0.2, 0.25) is 0 Å². The van der Waals surface area contributed by atoms with Gasteiger partial charge in [0.15, 0.2) is 5.84 Å². The molecule has 1 radical (unpaired) electrons. The third-order valence-electron chi connectivity index (χ3n) is 3.05. The second-order valence-electron chi connectivity index (χ2n) is 5.90. The number of hydroxylamine groups is 2. The van der Waals surface area contributed by atoms with Crippen LogP contribution < -0.4 is 0 Å². The lowest BCUT2D eigenvalue weighted by Crippen LogP contribution is -2.53. The Kier molecular flexibility index (Phi) is 2.74. The SMILES string of the molecule is CC1(C)CC(C)(C)N([O])C(c2ccccc2)=N1. The summed E-state index contributed by atoms with van der Waals surface area (Å²) in [6.07, 6.45) is 0.764. The predicted octanol–water partition coefficient (Wildman–Crippen LogP) is 3.04. The molecular weight excluding hydrogens is 212 g/mol. The van der Waals surface area contributed by atoms with E-state index < -0.39 is 5.54 Å². The Hall–Kier alpha value is -1.35.